The van der Waals surface area contributed by atoms with Crippen molar-refractivity contribution in [2.75, 3.05) is 11.1 Å². The second kappa shape index (κ2) is 4.36. The van der Waals surface area contributed by atoms with Crippen LogP contribution >= 0.6 is 15.9 Å². The number of nitrogen functional groups attached to an aromatic ring is 1. The van der Waals surface area contributed by atoms with Gasteiger partial charge in [0.25, 0.3) is 5.91 Å². The molecule has 0 unspecified atom stereocenters. The lowest BCUT2D eigenvalue weighted by atomic mass is 10.4. The second-order valence-corrected chi connectivity index (χ2v) is 3.82. The summed E-state index contributed by atoms with van der Waals surface area (Å²) in [5, 5.41) is 2.58. The van der Waals surface area contributed by atoms with Gasteiger partial charge < -0.3 is 15.5 Å². The van der Waals surface area contributed by atoms with Gasteiger partial charge >= 0.3 is 0 Å². The topological polar surface area (TPSA) is 81.1 Å². The number of nitrogens with one attached hydrogen (secondary N) is 1. The van der Waals surface area contributed by atoms with Crippen LogP contribution in [0.25, 0.3) is 0 Å². The number of carbonyl (C=O) groups excluding carboxylic acids is 1. The lowest BCUT2D eigenvalue weighted by Gasteiger charge is -2.01. The standard InChI is InChI=1S/C10H8BrN3O2/c11-8-3-2-7(16-8)10(15)14-9-4-1-6(12)5-13-9/h1-5H,12H2,(H,13,14,15). The summed E-state index contributed by atoms with van der Waals surface area (Å²) in [6.45, 7) is 0. The zero-order chi connectivity index (χ0) is 11.5. The van der Waals surface area contributed by atoms with E-state index in [0.717, 1.165) is 0 Å². The first-order chi connectivity index (χ1) is 7.65. The summed E-state index contributed by atoms with van der Waals surface area (Å²) >= 11 is 3.12. The van der Waals surface area contributed by atoms with Crippen molar-refractivity contribution in [1.82, 2.24) is 4.98 Å². The van der Waals surface area contributed by atoms with Crippen molar-refractivity contribution >= 4 is 33.3 Å². The van der Waals surface area contributed by atoms with E-state index in [1.165, 1.54) is 6.20 Å². The number of nitrogens with zero attached hydrogens (tertiary/aromatic N) is 1. The predicted octanol–water partition coefficient (Wildman–Crippen LogP) is 2.27. The number of nitrogens with two attached hydrogens (primary N) is 1. The maximum Gasteiger partial charge on any atom is 0.292 e. The number of carbonyl (C=O) groups is 1. The number of rotatable bonds is 2. The highest BCUT2D eigenvalue weighted by atomic mass is 79.9. The van der Waals surface area contributed by atoms with Gasteiger partial charge in [-0.2, -0.15) is 0 Å². The summed E-state index contributed by atoms with van der Waals surface area (Å²) in [4.78, 5) is 15.6. The van der Waals surface area contributed by atoms with Crippen molar-refractivity contribution in [2.24, 2.45) is 0 Å². The van der Waals surface area contributed by atoms with Crippen LogP contribution in [0.4, 0.5) is 11.5 Å². The third-order valence-corrected chi connectivity index (χ3v) is 2.25. The molecule has 2 aromatic rings. The average Bonchev–Trinajstić information content (AvgIpc) is 2.68. The van der Waals surface area contributed by atoms with E-state index in [4.69, 9.17) is 10.2 Å². The maximum absolute atomic E-state index is 11.6. The summed E-state index contributed by atoms with van der Waals surface area (Å²) in [5.74, 6) is 0.278. The molecular formula is C10H8BrN3O2. The minimum atomic E-state index is -0.358. The zero-order valence-electron chi connectivity index (χ0n) is 8.11. The van der Waals surface area contributed by atoms with E-state index in [1.54, 1.807) is 24.3 Å². The van der Waals surface area contributed by atoms with Crippen LogP contribution in [0, 0.1) is 0 Å². The molecule has 0 aliphatic rings. The first kappa shape index (κ1) is 10.7. The molecule has 1 amide bonds. The Balaban J connectivity index is 2.10. The normalized spacial score (nSPS) is 10.1. The lowest BCUT2D eigenvalue weighted by Crippen LogP contribution is -2.11. The molecule has 0 spiro atoms. The Labute approximate surface area is 99.8 Å². The Hall–Kier alpha value is -1.82. The fourth-order valence-electron chi connectivity index (χ4n) is 1.09. The van der Waals surface area contributed by atoms with Crippen molar-refractivity contribution in [3.05, 3.63) is 40.9 Å². The fourth-order valence-corrected chi connectivity index (χ4v) is 1.40. The maximum atomic E-state index is 11.6. The first-order valence-corrected chi connectivity index (χ1v) is 5.22. The van der Waals surface area contributed by atoms with E-state index in [9.17, 15) is 4.79 Å². The average molecular weight is 282 g/mol. The molecule has 6 heteroatoms. The number of furan rings is 1. The third kappa shape index (κ3) is 2.40. The monoisotopic (exact) mass is 281 g/mol. The molecule has 5 nitrogen and oxygen atoms in total. The van der Waals surface area contributed by atoms with E-state index in [-0.39, 0.29) is 11.7 Å². The molecule has 82 valence electrons. The second-order valence-electron chi connectivity index (χ2n) is 3.03. The number of hydrogen-bond donors (Lipinski definition) is 2. The van der Waals surface area contributed by atoms with Crippen LogP contribution in [0.5, 0.6) is 0 Å². The largest absolute Gasteiger partial charge is 0.444 e. The molecule has 0 aliphatic carbocycles. The Morgan fingerprint density at radius 3 is 2.75 bits per heavy atom. The smallest absolute Gasteiger partial charge is 0.292 e. The Morgan fingerprint density at radius 2 is 2.19 bits per heavy atom. The first-order valence-electron chi connectivity index (χ1n) is 4.43. The van der Waals surface area contributed by atoms with Crippen LogP contribution in [0.3, 0.4) is 0 Å². The van der Waals surface area contributed by atoms with Crippen LogP contribution in [0.1, 0.15) is 10.6 Å². The van der Waals surface area contributed by atoms with E-state index >= 15 is 0 Å². The highest BCUT2D eigenvalue weighted by Gasteiger charge is 2.10. The molecule has 2 rings (SSSR count). The molecule has 0 radical (unpaired) electrons. The van der Waals surface area contributed by atoms with Crippen LogP contribution in [-0.2, 0) is 0 Å². The lowest BCUT2D eigenvalue weighted by molar-refractivity contribution is 0.0995. The van der Waals surface area contributed by atoms with E-state index in [0.29, 0.717) is 16.2 Å². The summed E-state index contributed by atoms with van der Waals surface area (Å²) in [6.07, 6.45) is 1.47. The number of amides is 1. The van der Waals surface area contributed by atoms with Crippen molar-refractivity contribution in [1.29, 1.82) is 0 Å². The summed E-state index contributed by atoms with van der Waals surface area (Å²) in [5.41, 5.74) is 6.01. The summed E-state index contributed by atoms with van der Waals surface area (Å²) in [7, 11) is 0. The van der Waals surface area contributed by atoms with Gasteiger partial charge in [0.05, 0.1) is 11.9 Å². The van der Waals surface area contributed by atoms with Gasteiger partial charge in [0.15, 0.2) is 10.4 Å². The van der Waals surface area contributed by atoms with Crippen molar-refractivity contribution in [3.63, 3.8) is 0 Å². The molecule has 0 saturated heterocycles. The Morgan fingerprint density at radius 1 is 1.38 bits per heavy atom. The molecule has 0 saturated carbocycles. The molecule has 2 aromatic heterocycles. The van der Waals surface area contributed by atoms with Gasteiger partial charge in [-0.25, -0.2) is 4.98 Å². The molecule has 0 fully saturated rings. The predicted molar refractivity (Wildman–Crippen MR) is 63.0 cm³/mol. The molecule has 0 bridgehead atoms. The third-order valence-electron chi connectivity index (χ3n) is 1.82. The molecule has 2 heterocycles. The van der Waals surface area contributed by atoms with Crippen LogP contribution < -0.4 is 11.1 Å². The number of halogens is 1. The summed E-state index contributed by atoms with van der Waals surface area (Å²) < 4.78 is 5.60. The van der Waals surface area contributed by atoms with E-state index < -0.39 is 0 Å². The minimum absolute atomic E-state index is 0.213. The molecule has 3 N–H and O–H groups in total. The Kier molecular flexibility index (Phi) is 2.91. The summed E-state index contributed by atoms with van der Waals surface area (Å²) in [6, 6.07) is 6.48. The van der Waals surface area contributed by atoms with Crippen LogP contribution in [0.2, 0.25) is 0 Å². The SMILES string of the molecule is Nc1ccc(NC(=O)c2ccc(Br)o2)nc1. The van der Waals surface area contributed by atoms with Crippen molar-refractivity contribution in [3.8, 4) is 0 Å². The van der Waals surface area contributed by atoms with Crippen LogP contribution in [0.15, 0.2) is 39.5 Å². The highest BCUT2D eigenvalue weighted by molar-refractivity contribution is 9.10. The minimum Gasteiger partial charge on any atom is -0.444 e. The van der Waals surface area contributed by atoms with E-state index in [1.807, 2.05) is 0 Å². The molecule has 0 aliphatic heterocycles. The highest BCUT2D eigenvalue weighted by Crippen LogP contribution is 2.15. The number of hydrogen-bond acceptors (Lipinski definition) is 4. The zero-order valence-corrected chi connectivity index (χ0v) is 9.69. The van der Waals surface area contributed by atoms with Gasteiger partial charge in [0.1, 0.15) is 5.82 Å². The molecule has 16 heavy (non-hydrogen) atoms. The quantitative estimate of drug-likeness (QED) is 0.885. The fraction of sp³-hybridized carbons (Fsp3) is 0. The van der Waals surface area contributed by atoms with Crippen LogP contribution in [-0.4, -0.2) is 10.9 Å². The Bertz CT molecular complexity index is 507. The van der Waals surface area contributed by atoms with Gasteiger partial charge in [0.2, 0.25) is 0 Å². The van der Waals surface area contributed by atoms with Crippen molar-refractivity contribution < 1.29 is 9.21 Å². The molecular weight excluding hydrogens is 274 g/mol. The molecule has 0 atom stereocenters. The van der Waals surface area contributed by atoms with Gasteiger partial charge in [-0.1, -0.05) is 0 Å². The number of anilines is 2. The molecule has 0 aromatic carbocycles. The van der Waals surface area contributed by atoms with Gasteiger partial charge in [0, 0.05) is 0 Å². The van der Waals surface area contributed by atoms with Gasteiger partial charge in [-0.3, -0.25) is 4.79 Å². The van der Waals surface area contributed by atoms with Crippen molar-refractivity contribution in [2.45, 2.75) is 0 Å². The van der Waals surface area contributed by atoms with Gasteiger partial charge in [-0.15, -0.1) is 0 Å². The van der Waals surface area contributed by atoms with E-state index in [2.05, 4.69) is 26.2 Å². The number of pyridine rings is 1. The number of aromatic nitrogens is 1. The van der Waals surface area contributed by atoms with Gasteiger partial charge in [-0.05, 0) is 40.2 Å².